The van der Waals surface area contributed by atoms with E-state index in [4.69, 9.17) is 10.5 Å². The van der Waals surface area contributed by atoms with Crippen LogP contribution in [0.4, 0.5) is 5.69 Å². The van der Waals surface area contributed by atoms with Gasteiger partial charge in [0.15, 0.2) is 6.10 Å². The Morgan fingerprint density at radius 1 is 1.53 bits per heavy atom. The minimum absolute atomic E-state index is 0.0639. The summed E-state index contributed by atoms with van der Waals surface area (Å²) in [5, 5.41) is 0. The Labute approximate surface area is 114 Å². The van der Waals surface area contributed by atoms with Crippen LogP contribution in [0.1, 0.15) is 26.7 Å². The van der Waals surface area contributed by atoms with E-state index in [1.807, 2.05) is 17.0 Å². The van der Waals surface area contributed by atoms with Gasteiger partial charge in [0.05, 0.1) is 0 Å². The summed E-state index contributed by atoms with van der Waals surface area (Å²) in [6, 6.07) is 7.18. The van der Waals surface area contributed by atoms with E-state index in [1.54, 1.807) is 19.1 Å². The number of carbonyl (C=O) groups excluding carboxylic acids is 1. The summed E-state index contributed by atoms with van der Waals surface area (Å²) in [6.07, 6.45) is 1.82. The molecule has 0 unspecified atom stereocenters. The third kappa shape index (κ3) is 3.63. The fourth-order valence-electron chi connectivity index (χ4n) is 2.49. The molecule has 1 amide bonds. The standard InChI is InChI=1S/C15H22N2O2/c1-11-5-4-8-17(10-11)15(18)12(2)19-14-7-3-6-13(16)9-14/h3,6-7,9,11-12H,4-5,8,10,16H2,1-2H3/t11-,12+/m1/s1. The zero-order valence-electron chi connectivity index (χ0n) is 11.6. The molecule has 1 fully saturated rings. The molecule has 4 heteroatoms. The number of hydrogen-bond donors (Lipinski definition) is 1. The minimum atomic E-state index is -0.466. The molecule has 1 saturated heterocycles. The molecule has 1 aromatic rings. The van der Waals surface area contributed by atoms with Crippen molar-refractivity contribution in [3.63, 3.8) is 0 Å². The van der Waals surface area contributed by atoms with Gasteiger partial charge in [0, 0.05) is 24.8 Å². The fourth-order valence-corrected chi connectivity index (χ4v) is 2.49. The molecule has 0 radical (unpaired) electrons. The highest BCUT2D eigenvalue weighted by Crippen LogP contribution is 2.19. The minimum Gasteiger partial charge on any atom is -0.481 e. The van der Waals surface area contributed by atoms with Crippen LogP contribution in [0.15, 0.2) is 24.3 Å². The molecule has 0 saturated carbocycles. The third-order valence-electron chi connectivity index (χ3n) is 3.49. The quantitative estimate of drug-likeness (QED) is 0.850. The monoisotopic (exact) mass is 262 g/mol. The number of ether oxygens (including phenoxy) is 1. The number of benzene rings is 1. The fraction of sp³-hybridized carbons (Fsp3) is 0.533. The van der Waals surface area contributed by atoms with Crippen LogP contribution < -0.4 is 10.5 Å². The number of nitrogens with zero attached hydrogens (tertiary/aromatic N) is 1. The van der Waals surface area contributed by atoms with Gasteiger partial charge in [-0.2, -0.15) is 0 Å². The van der Waals surface area contributed by atoms with Gasteiger partial charge < -0.3 is 15.4 Å². The summed E-state index contributed by atoms with van der Waals surface area (Å²) in [7, 11) is 0. The summed E-state index contributed by atoms with van der Waals surface area (Å²) >= 11 is 0. The molecule has 0 bridgehead atoms. The van der Waals surface area contributed by atoms with Crippen molar-refractivity contribution in [3.05, 3.63) is 24.3 Å². The van der Waals surface area contributed by atoms with E-state index < -0.39 is 6.10 Å². The second-order valence-corrected chi connectivity index (χ2v) is 5.36. The first-order valence-electron chi connectivity index (χ1n) is 6.87. The largest absolute Gasteiger partial charge is 0.481 e. The Kier molecular flexibility index (Phi) is 4.30. The molecule has 0 spiro atoms. The first-order chi connectivity index (χ1) is 9.06. The van der Waals surface area contributed by atoms with Gasteiger partial charge in [-0.25, -0.2) is 0 Å². The summed E-state index contributed by atoms with van der Waals surface area (Å²) < 4.78 is 5.67. The molecular weight excluding hydrogens is 240 g/mol. The number of nitrogens with two attached hydrogens (primary N) is 1. The first-order valence-corrected chi connectivity index (χ1v) is 6.87. The van der Waals surface area contributed by atoms with Crippen molar-refractivity contribution in [1.82, 2.24) is 4.90 Å². The molecule has 19 heavy (non-hydrogen) atoms. The topological polar surface area (TPSA) is 55.6 Å². The van der Waals surface area contributed by atoms with Crippen LogP contribution in [0, 0.1) is 5.92 Å². The van der Waals surface area contributed by atoms with E-state index in [1.165, 1.54) is 6.42 Å². The Hall–Kier alpha value is -1.71. The molecule has 0 aliphatic carbocycles. The highest BCUT2D eigenvalue weighted by atomic mass is 16.5. The van der Waals surface area contributed by atoms with E-state index in [9.17, 15) is 4.79 Å². The van der Waals surface area contributed by atoms with Crippen LogP contribution in [-0.2, 0) is 4.79 Å². The van der Waals surface area contributed by atoms with Crippen LogP contribution in [0.2, 0.25) is 0 Å². The molecule has 1 heterocycles. The van der Waals surface area contributed by atoms with Crippen LogP contribution in [-0.4, -0.2) is 30.0 Å². The number of nitrogen functional groups attached to an aromatic ring is 1. The highest BCUT2D eigenvalue weighted by molar-refractivity contribution is 5.81. The van der Waals surface area contributed by atoms with Crippen molar-refractivity contribution in [1.29, 1.82) is 0 Å². The molecule has 1 aliphatic rings. The maximum atomic E-state index is 12.3. The van der Waals surface area contributed by atoms with Crippen molar-refractivity contribution in [3.8, 4) is 5.75 Å². The average molecular weight is 262 g/mol. The number of hydrogen-bond acceptors (Lipinski definition) is 3. The molecule has 1 aliphatic heterocycles. The normalized spacial score (nSPS) is 20.9. The van der Waals surface area contributed by atoms with Crippen LogP contribution >= 0.6 is 0 Å². The van der Waals surface area contributed by atoms with Crippen molar-refractivity contribution < 1.29 is 9.53 Å². The molecular formula is C15H22N2O2. The lowest BCUT2D eigenvalue weighted by Crippen LogP contribution is -2.45. The maximum Gasteiger partial charge on any atom is 0.263 e. The molecule has 2 N–H and O–H groups in total. The van der Waals surface area contributed by atoms with Gasteiger partial charge in [-0.15, -0.1) is 0 Å². The third-order valence-corrected chi connectivity index (χ3v) is 3.49. The van der Waals surface area contributed by atoms with Gasteiger partial charge in [0.25, 0.3) is 5.91 Å². The van der Waals surface area contributed by atoms with Gasteiger partial charge in [0.1, 0.15) is 5.75 Å². The van der Waals surface area contributed by atoms with Crippen LogP contribution in [0.5, 0.6) is 5.75 Å². The molecule has 2 rings (SSSR count). The molecule has 4 nitrogen and oxygen atoms in total. The van der Waals surface area contributed by atoms with Gasteiger partial charge in [-0.05, 0) is 37.8 Å². The molecule has 1 aromatic carbocycles. The number of piperidine rings is 1. The Balaban J connectivity index is 1.95. The summed E-state index contributed by atoms with van der Waals surface area (Å²) in [6.45, 7) is 5.66. The Morgan fingerprint density at radius 2 is 2.32 bits per heavy atom. The summed E-state index contributed by atoms with van der Waals surface area (Å²) in [4.78, 5) is 14.2. The number of amides is 1. The van der Waals surface area contributed by atoms with Gasteiger partial charge in [-0.1, -0.05) is 13.0 Å². The number of rotatable bonds is 3. The lowest BCUT2D eigenvalue weighted by molar-refractivity contribution is -0.139. The summed E-state index contributed by atoms with van der Waals surface area (Å²) in [5.41, 5.74) is 6.34. The number of carbonyl (C=O) groups is 1. The van der Waals surface area contributed by atoms with Gasteiger partial charge in [0.2, 0.25) is 0 Å². The Morgan fingerprint density at radius 3 is 3.00 bits per heavy atom. The van der Waals surface area contributed by atoms with E-state index >= 15 is 0 Å². The second-order valence-electron chi connectivity index (χ2n) is 5.36. The number of likely N-dealkylation sites (tertiary alicyclic amines) is 1. The van der Waals surface area contributed by atoms with Crippen LogP contribution in [0.25, 0.3) is 0 Å². The second kappa shape index (κ2) is 5.95. The molecule has 104 valence electrons. The lowest BCUT2D eigenvalue weighted by atomic mass is 10.00. The van der Waals surface area contributed by atoms with Crippen molar-refractivity contribution in [2.75, 3.05) is 18.8 Å². The van der Waals surface area contributed by atoms with Crippen molar-refractivity contribution in [2.45, 2.75) is 32.8 Å². The SMILES string of the molecule is C[C@@H]1CCCN(C(=O)[C@H](C)Oc2cccc(N)c2)C1. The first kappa shape index (κ1) is 13.7. The smallest absolute Gasteiger partial charge is 0.263 e. The zero-order chi connectivity index (χ0) is 13.8. The van der Waals surface area contributed by atoms with Gasteiger partial charge in [-0.3, -0.25) is 4.79 Å². The summed E-state index contributed by atoms with van der Waals surface area (Å²) in [5.74, 6) is 1.29. The molecule has 2 atom stereocenters. The van der Waals surface area contributed by atoms with E-state index in [0.717, 1.165) is 19.5 Å². The van der Waals surface area contributed by atoms with E-state index in [0.29, 0.717) is 17.4 Å². The molecule has 0 aromatic heterocycles. The highest BCUT2D eigenvalue weighted by Gasteiger charge is 2.25. The number of anilines is 1. The Bertz CT molecular complexity index is 448. The van der Waals surface area contributed by atoms with Gasteiger partial charge >= 0.3 is 0 Å². The predicted octanol–water partition coefficient (Wildman–Crippen LogP) is 2.29. The van der Waals surface area contributed by atoms with Crippen LogP contribution in [0.3, 0.4) is 0 Å². The van der Waals surface area contributed by atoms with Crippen molar-refractivity contribution >= 4 is 11.6 Å². The van der Waals surface area contributed by atoms with E-state index in [2.05, 4.69) is 6.92 Å². The predicted molar refractivity (Wildman–Crippen MR) is 75.9 cm³/mol. The average Bonchev–Trinajstić information content (AvgIpc) is 2.38. The lowest BCUT2D eigenvalue weighted by Gasteiger charge is -2.32. The maximum absolute atomic E-state index is 12.3. The van der Waals surface area contributed by atoms with E-state index in [-0.39, 0.29) is 5.91 Å². The van der Waals surface area contributed by atoms with Crippen molar-refractivity contribution in [2.24, 2.45) is 5.92 Å². The zero-order valence-corrected chi connectivity index (χ0v) is 11.6.